The van der Waals surface area contributed by atoms with Crippen LogP contribution in [0.25, 0.3) is 0 Å². The molecule has 0 radical (unpaired) electrons. The molecule has 0 saturated carbocycles. The first-order chi connectivity index (χ1) is 10.4. The fourth-order valence-electron chi connectivity index (χ4n) is 1.74. The fraction of sp³-hybridized carbons (Fsp3) is 0.214. The number of benzene rings is 1. The molecule has 1 aromatic carbocycles. The molecule has 22 heavy (non-hydrogen) atoms. The minimum Gasteiger partial charge on any atom is -0.360 e. The van der Waals surface area contributed by atoms with Crippen molar-refractivity contribution in [2.75, 3.05) is 18.9 Å². The van der Waals surface area contributed by atoms with Gasteiger partial charge in [0.25, 0.3) is 5.91 Å². The monoisotopic (exact) mass is 433 g/mol. The SMILES string of the molecule is Cc1cc(NC(=O)CN(C)C(=O)c2ccc(Cl)c(I)c2)no1. The lowest BCUT2D eigenvalue weighted by Crippen LogP contribution is -2.35. The second-order valence-corrected chi connectivity index (χ2v) is 6.23. The lowest BCUT2D eigenvalue weighted by Gasteiger charge is -2.16. The van der Waals surface area contributed by atoms with Crippen molar-refractivity contribution in [2.45, 2.75) is 6.92 Å². The maximum absolute atomic E-state index is 12.3. The van der Waals surface area contributed by atoms with Gasteiger partial charge in [-0.2, -0.15) is 0 Å². The minimum atomic E-state index is -0.354. The minimum absolute atomic E-state index is 0.0933. The summed E-state index contributed by atoms with van der Waals surface area (Å²) >= 11 is 7.98. The van der Waals surface area contributed by atoms with Crippen LogP contribution in [0.3, 0.4) is 0 Å². The zero-order valence-electron chi connectivity index (χ0n) is 11.9. The van der Waals surface area contributed by atoms with E-state index in [2.05, 4.69) is 10.5 Å². The summed E-state index contributed by atoms with van der Waals surface area (Å²) in [6.07, 6.45) is 0. The lowest BCUT2D eigenvalue weighted by atomic mass is 10.2. The van der Waals surface area contributed by atoms with Gasteiger partial charge in [-0.15, -0.1) is 0 Å². The number of halogens is 2. The first-order valence-corrected chi connectivity index (χ1v) is 7.76. The Morgan fingerprint density at radius 2 is 2.14 bits per heavy atom. The first-order valence-electron chi connectivity index (χ1n) is 6.30. The van der Waals surface area contributed by atoms with E-state index >= 15 is 0 Å². The molecule has 1 aromatic heterocycles. The number of likely N-dealkylation sites (N-methyl/N-ethyl adjacent to an activating group) is 1. The molecular weight excluding hydrogens is 421 g/mol. The van der Waals surface area contributed by atoms with E-state index in [1.54, 1.807) is 38.2 Å². The third-order valence-corrected chi connectivity index (χ3v) is 4.33. The van der Waals surface area contributed by atoms with E-state index in [0.29, 0.717) is 22.2 Å². The number of hydrogen-bond acceptors (Lipinski definition) is 4. The number of nitrogens with zero attached hydrogens (tertiary/aromatic N) is 2. The van der Waals surface area contributed by atoms with Gasteiger partial charge in [0.15, 0.2) is 5.82 Å². The van der Waals surface area contributed by atoms with Crippen LogP contribution in [0, 0.1) is 10.5 Å². The second-order valence-electron chi connectivity index (χ2n) is 4.66. The van der Waals surface area contributed by atoms with Crippen molar-refractivity contribution in [3.05, 3.63) is 44.2 Å². The molecule has 116 valence electrons. The highest BCUT2D eigenvalue weighted by Gasteiger charge is 2.16. The number of nitrogens with one attached hydrogen (secondary N) is 1. The maximum Gasteiger partial charge on any atom is 0.254 e. The van der Waals surface area contributed by atoms with E-state index < -0.39 is 0 Å². The fourth-order valence-corrected chi connectivity index (χ4v) is 2.38. The van der Waals surface area contributed by atoms with Gasteiger partial charge in [-0.25, -0.2) is 0 Å². The predicted octanol–water partition coefficient (Wildman–Crippen LogP) is 2.95. The van der Waals surface area contributed by atoms with E-state index in [1.807, 2.05) is 22.6 Å². The maximum atomic E-state index is 12.3. The van der Waals surface area contributed by atoms with Crippen molar-refractivity contribution in [3.8, 4) is 0 Å². The van der Waals surface area contributed by atoms with Crippen LogP contribution in [0.15, 0.2) is 28.8 Å². The van der Waals surface area contributed by atoms with Gasteiger partial charge in [-0.05, 0) is 47.7 Å². The second kappa shape index (κ2) is 7.10. The molecule has 0 aliphatic rings. The van der Waals surface area contributed by atoms with Gasteiger partial charge in [0.1, 0.15) is 5.76 Å². The summed E-state index contributed by atoms with van der Waals surface area (Å²) in [6, 6.07) is 6.56. The molecule has 0 aliphatic carbocycles. The largest absolute Gasteiger partial charge is 0.360 e. The van der Waals surface area contributed by atoms with Crippen molar-refractivity contribution < 1.29 is 14.1 Å². The molecular formula is C14H13ClIN3O3. The van der Waals surface area contributed by atoms with E-state index in [9.17, 15) is 9.59 Å². The topological polar surface area (TPSA) is 75.4 Å². The molecule has 8 heteroatoms. The zero-order chi connectivity index (χ0) is 16.3. The van der Waals surface area contributed by atoms with E-state index in [1.165, 1.54) is 4.90 Å². The van der Waals surface area contributed by atoms with Crippen LogP contribution in [0.2, 0.25) is 5.02 Å². The molecule has 0 atom stereocenters. The Morgan fingerprint density at radius 3 is 2.73 bits per heavy atom. The Morgan fingerprint density at radius 1 is 1.41 bits per heavy atom. The van der Waals surface area contributed by atoms with Gasteiger partial charge in [-0.1, -0.05) is 16.8 Å². The van der Waals surface area contributed by atoms with Gasteiger partial charge in [0.05, 0.1) is 11.6 Å². The predicted molar refractivity (Wildman–Crippen MR) is 91.0 cm³/mol. The average molecular weight is 434 g/mol. The Labute approximate surface area is 145 Å². The molecule has 1 heterocycles. The molecule has 0 bridgehead atoms. The van der Waals surface area contributed by atoms with Crippen LogP contribution < -0.4 is 5.32 Å². The van der Waals surface area contributed by atoms with Crippen LogP contribution in [0.5, 0.6) is 0 Å². The van der Waals surface area contributed by atoms with Crippen LogP contribution in [-0.2, 0) is 4.79 Å². The molecule has 0 unspecified atom stereocenters. The molecule has 2 rings (SSSR count). The number of carbonyl (C=O) groups excluding carboxylic acids is 2. The molecule has 2 amide bonds. The zero-order valence-corrected chi connectivity index (χ0v) is 14.8. The summed E-state index contributed by atoms with van der Waals surface area (Å²) in [7, 11) is 1.55. The summed E-state index contributed by atoms with van der Waals surface area (Å²) < 4.78 is 5.63. The smallest absolute Gasteiger partial charge is 0.254 e. The Balaban J connectivity index is 1.98. The van der Waals surface area contributed by atoms with Gasteiger partial charge >= 0.3 is 0 Å². The number of amides is 2. The number of anilines is 1. The summed E-state index contributed by atoms with van der Waals surface area (Å²) in [4.78, 5) is 25.5. The summed E-state index contributed by atoms with van der Waals surface area (Å²) in [6.45, 7) is 1.63. The summed E-state index contributed by atoms with van der Waals surface area (Å²) in [5.74, 6) is 0.300. The highest BCUT2D eigenvalue weighted by atomic mass is 127. The first kappa shape index (κ1) is 16.8. The Hall–Kier alpha value is -1.61. The van der Waals surface area contributed by atoms with Crippen LogP contribution in [0.1, 0.15) is 16.1 Å². The number of hydrogen-bond donors (Lipinski definition) is 1. The molecule has 0 spiro atoms. The quantitative estimate of drug-likeness (QED) is 0.752. The van der Waals surface area contributed by atoms with E-state index in [0.717, 1.165) is 3.57 Å². The lowest BCUT2D eigenvalue weighted by molar-refractivity contribution is -0.116. The number of aryl methyl sites for hydroxylation is 1. The molecule has 0 fully saturated rings. The third-order valence-electron chi connectivity index (χ3n) is 2.79. The number of rotatable bonds is 4. The molecule has 6 nitrogen and oxygen atoms in total. The van der Waals surface area contributed by atoms with Crippen LogP contribution >= 0.6 is 34.2 Å². The average Bonchev–Trinajstić information content (AvgIpc) is 2.86. The van der Waals surface area contributed by atoms with Crippen LogP contribution in [0.4, 0.5) is 5.82 Å². The van der Waals surface area contributed by atoms with Crippen molar-refractivity contribution in [2.24, 2.45) is 0 Å². The van der Waals surface area contributed by atoms with E-state index in [-0.39, 0.29) is 18.4 Å². The Bertz CT molecular complexity index is 717. The highest BCUT2D eigenvalue weighted by molar-refractivity contribution is 14.1. The summed E-state index contributed by atoms with van der Waals surface area (Å²) in [5, 5.41) is 6.80. The van der Waals surface area contributed by atoms with Crippen LogP contribution in [-0.4, -0.2) is 35.5 Å². The van der Waals surface area contributed by atoms with Gasteiger partial charge < -0.3 is 14.7 Å². The van der Waals surface area contributed by atoms with Crippen molar-refractivity contribution in [1.82, 2.24) is 10.1 Å². The number of carbonyl (C=O) groups is 2. The van der Waals surface area contributed by atoms with Crippen molar-refractivity contribution >= 4 is 51.8 Å². The van der Waals surface area contributed by atoms with Gasteiger partial charge in [0.2, 0.25) is 5.91 Å². The molecule has 0 saturated heterocycles. The Kier molecular flexibility index (Phi) is 5.41. The third kappa shape index (κ3) is 4.20. The normalized spacial score (nSPS) is 10.4. The number of aromatic nitrogens is 1. The molecule has 2 aromatic rings. The van der Waals surface area contributed by atoms with Gasteiger partial charge in [-0.3, -0.25) is 9.59 Å². The highest BCUT2D eigenvalue weighted by Crippen LogP contribution is 2.20. The molecule has 1 N–H and O–H groups in total. The summed E-state index contributed by atoms with van der Waals surface area (Å²) in [5.41, 5.74) is 0.474. The van der Waals surface area contributed by atoms with E-state index in [4.69, 9.17) is 16.1 Å². The molecule has 0 aliphatic heterocycles. The van der Waals surface area contributed by atoms with Crippen molar-refractivity contribution in [1.29, 1.82) is 0 Å². The van der Waals surface area contributed by atoms with Gasteiger partial charge in [0, 0.05) is 22.2 Å². The van der Waals surface area contributed by atoms with Crippen molar-refractivity contribution in [3.63, 3.8) is 0 Å². The standard InChI is InChI=1S/C14H13ClIN3O3/c1-8-5-12(18-22-8)17-13(20)7-19(2)14(21)9-3-4-10(15)11(16)6-9/h3-6H,7H2,1-2H3,(H,17,18,20).